The predicted octanol–water partition coefficient (Wildman–Crippen LogP) is 1.64. The first kappa shape index (κ1) is 17.3. The van der Waals surface area contributed by atoms with E-state index in [4.69, 9.17) is 5.11 Å². The van der Waals surface area contributed by atoms with E-state index in [9.17, 15) is 14.7 Å². The molecule has 0 heterocycles. The second kappa shape index (κ2) is 7.31. The monoisotopic (exact) mass is 303 g/mol. The molecule has 0 spiro atoms. The van der Waals surface area contributed by atoms with E-state index in [0.29, 0.717) is 5.75 Å². The molecule has 0 aliphatic heterocycles. The molecular formula is C14H25NO4S. The van der Waals surface area contributed by atoms with E-state index >= 15 is 0 Å². The molecule has 20 heavy (non-hydrogen) atoms. The molecule has 0 aromatic heterocycles. The lowest BCUT2D eigenvalue weighted by molar-refractivity contribution is -0.140. The van der Waals surface area contributed by atoms with Crippen LogP contribution in [-0.2, 0) is 9.59 Å². The fraction of sp³-hybridized carbons (Fsp3) is 0.857. The quantitative estimate of drug-likeness (QED) is 0.634. The smallest absolute Gasteiger partial charge is 0.303 e. The highest BCUT2D eigenvalue weighted by Gasteiger charge is 2.38. The molecule has 3 N–H and O–H groups in total. The highest BCUT2D eigenvalue weighted by Crippen LogP contribution is 2.43. The van der Waals surface area contributed by atoms with Gasteiger partial charge in [0.2, 0.25) is 5.91 Å². The van der Waals surface area contributed by atoms with Crippen LogP contribution in [0.5, 0.6) is 0 Å². The summed E-state index contributed by atoms with van der Waals surface area (Å²) >= 11 is 1.52. The number of aliphatic carboxylic acids is 1. The van der Waals surface area contributed by atoms with Crippen molar-refractivity contribution < 1.29 is 19.8 Å². The minimum Gasteiger partial charge on any atom is -0.481 e. The SMILES string of the molecule is CSCC(C)(O)CNC(=O)CC1(CC(=O)O)CCCC1. The Labute approximate surface area is 124 Å². The van der Waals surface area contributed by atoms with Crippen molar-refractivity contribution in [2.45, 2.75) is 51.0 Å². The van der Waals surface area contributed by atoms with Crippen LogP contribution in [0.3, 0.4) is 0 Å². The highest BCUT2D eigenvalue weighted by molar-refractivity contribution is 7.98. The summed E-state index contributed by atoms with van der Waals surface area (Å²) in [7, 11) is 0. The molecule has 1 rings (SSSR count). The van der Waals surface area contributed by atoms with Crippen molar-refractivity contribution >= 4 is 23.6 Å². The van der Waals surface area contributed by atoms with E-state index in [1.54, 1.807) is 6.92 Å². The van der Waals surface area contributed by atoms with E-state index in [1.807, 2.05) is 6.26 Å². The highest BCUT2D eigenvalue weighted by atomic mass is 32.2. The number of aliphatic hydroxyl groups is 1. The van der Waals surface area contributed by atoms with Gasteiger partial charge in [0.15, 0.2) is 0 Å². The van der Waals surface area contributed by atoms with Crippen molar-refractivity contribution in [3.8, 4) is 0 Å². The van der Waals surface area contributed by atoms with Crippen molar-refractivity contribution in [1.29, 1.82) is 0 Å². The average molecular weight is 303 g/mol. The van der Waals surface area contributed by atoms with Crippen LogP contribution < -0.4 is 5.32 Å². The van der Waals surface area contributed by atoms with E-state index in [1.165, 1.54) is 11.8 Å². The van der Waals surface area contributed by atoms with Gasteiger partial charge in [-0.1, -0.05) is 12.8 Å². The number of thioether (sulfide) groups is 1. The Morgan fingerprint density at radius 2 is 1.90 bits per heavy atom. The van der Waals surface area contributed by atoms with Crippen LogP contribution >= 0.6 is 11.8 Å². The van der Waals surface area contributed by atoms with Gasteiger partial charge >= 0.3 is 5.97 Å². The largest absolute Gasteiger partial charge is 0.481 e. The molecule has 1 aliphatic rings. The fourth-order valence-corrected chi connectivity index (χ4v) is 3.64. The minimum absolute atomic E-state index is 0.0572. The first-order valence-corrected chi connectivity index (χ1v) is 8.38. The normalized spacial score (nSPS) is 20.4. The van der Waals surface area contributed by atoms with Crippen LogP contribution in [0.15, 0.2) is 0 Å². The summed E-state index contributed by atoms with van der Waals surface area (Å²) in [5.41, 5.74) is -1.31. The van der Waals surface area contributed by atoms with Gasteiger partial charge in [-0.15, -0.1) is 0 Å². The van der Waals surface area contributed by atoms with Gasteiger partial charge < -0.3 is 15.5 Å². The van der Waals surface area contributed by atoms with Crippen molar-refractivity contribution in [2.75, 3.05) is 18.6 Å². The molecule has 0 saturated heterocycles. The molecule has 116 valence electrons. The molecule has 5 nitrogen and oxygen atoms in total. The van der Waals surface area contributed by atoms with Crippen LogP contribution in [0.25, 0.3) is 0 Å². The maximum atomic E-state index is 12.0. The molecule has 0 bridgehead atoms. The van der Waals surface area contributed by atoms with Gasteiger partial charge in [-0.05, 0) is 31.4 Å². The van der Waals surface area contributed by atoms with E-state index in [2.05, 4.69) is 5.32 Å². The summed E-state index contributed by atoms with van der Waals surface area (Å²) in [6.45, 7) is 1.89. The summed E-state index contributed by atoms with van der Waals surface area (Å²) in [4.78, 5) is 23.0. The molecule has 1 fully saturated rings. The van der Waals surface area contributed by atoms with Crippen LogP contribution in [0.1, 0.15) is 45.4 Å². The summed E-state index contributed by atoms with van der Waals surface area (Å²) in [6.07, 6.45) is 5.78. The number of carbonyl (C=O) groups excluding carboxylic acids is 1. The number of carbonyl (C=O) groups is 2. The lowest BCUT2D eigenvalue weighted by Crippen LogP contribution is -2.43. The van der Waals surface area contributed by atoms with Crippen LogP contribution in [0.4, 0.5) is 0 Å². The van der Waals surface area contributed by atoms with Gasteiger partial charge in [0.25, 0.3) is 0 Å². The van der Waals surface area contributed by atoms with Crippen molar-refractivity contribution in [3.63, 3.8) is 0 Å². The zero-order valence-corrected chi connectivity index (χ0v) is 13.1. The standard InChI is InChI=1S/C14H25NO4S/c1-13(19,10-20-2)9-15-11(16)7-14(8-12(17)18)5-3-4-6-14/h19H,3-10H2,1-2H3,(H,15,16)(H,17,18). The van der Waals surface area contributed by atoms with Crippen molar-refractivity contribution in [1.82, 2.24) is 5.32 Å². The average Bonchev–Trinajstić information content (AvgIpc) is 2.74. The lowest BCUT2D eigenvalue weighted by atomic mass is 9.79. The summed E-state index contributed by atoms with van der Waals surface area (Å²) in [5, 5.41) is 21.7. The van der Waals surface area contributed by atoms with Gasteiger partial charge in [-0.2, -0.15) is 11.8 Å². The van der Waals surface area contributed by atoms with Crippen LogP contribution in [-0.4, -0.2) is 46.2 Å². The van der Waals surface area contributed by atoms with Crippen LogP contribution in [0, 0.1) is 5.41 Å². The van der Waals surface area contributed by atoms with Gasteiger partial charge in [-0.3, -0.25) is 9.59 Å². The zero-order chi connectivity index (χ0) is 15.2. The predicted molar refractivity (Wildman–Crippen MR) is 79.8 cm³/mol. The Morgan fingerprint density at radius 1 is 1.30 bits per heavy atom. The molecule has 0 radical (unpaired) electrons. The molecule has 6 heteroatoms. The molecule has 1 atom stereocenters. The first-order valence-electron chi connectivity index (χ1n) is 6.98. The maximum absolute atomic E-state index is 12.0. The third-order valence-corrected chi connectivity index (χ3v) is 4.76. The van der Waals surface area contributed by atoms with E-state index in [-0.39, 0.29) is 30.7 Å². The second-order valence-corrected chi connectivity index (χ2v) is 7.03. The second-order valence-electron chi connectivity index (χ2n) is 6.16. The number of nitrogens with one attached hydrogen (secondary N) is 1. The molecule has 0 aromatic rings. The molecular weight excluding hydrogens is 278 g/mol. The number of hydrogen-bond donors (Lipinski definition) is 3. The summed E-state index contributed by atoms with van der Waals surface area (Å²) < 4.78 is 0. The zero-order valence-electron chi connectivity index (χ0n) is 12.3. The Kier molecular flexibility index (Phi) is 6.33. The summed E-state index contributed by atoms with van der Waals surface area (Å²) in [5.74, 6) is -0.448. The van der Waals surface area contributed by atoms with Gasteiger partial charge in [0, 0.05) is 18.7 Å². The van der Waals surface area contributed by atoms with Gasteiger partial charge in [-0.25, -0.2) is 0 Å². The Morgan fingerprint density at radius 3 is 2.40 bits per heavy atom. The Bertz CT molecular complexity index is 351. The maximum Gasteiger partial charge on any atom is 0.303 e. The van der Waals surface area contributed by atoms with E-state index < -0.39 is 11.6 Å². The molecule has 1 unspecified atom stereocenters. The van der Waals surface area contributed by atoms with Crippen LogP contribution in [0.2, 0.25) is 0 Å². The Balaban J connectivity index is 2.49. The molecule has 0 aromatic carbocycles. The number of rotatable bonds is 8. The number of carboxylic acid groups (broad SMARTS) is 1. The number of amides is 1. The van der Waals surface area contributed by atoms with Crippen molar-refractivity contribution in [3.05, 3.63) is 0 Å². The van der Waals surface area contributed by atoms with E-state index in [0.717, 1.165) is 25.7 Å². The number of carboxylic acids is 1. The third-order valence-electron chi connectivity index (χ3n) is 3.85. The van der Waals surface area contributed by atoms with Crippen molar-refractivity contribution in [2.24, 2.45) is 5.41 Å². The number of hydrogen-bond acceptors (Lipinski definition) is 4. The van der Waals surface area contributed by atoms with Gasteiger partial charge in [0.05, 0.1) is 12.0 Å². The molecule has 1 saturated carbocycles. The van der Waals surface area contributed by atoms with Gasteiger partial charge in [0.1, 0.15) is 0 Å². The Hall–Kier alpha value is -0.750. The fourth-order valence-electron chi connectivity index (χ4n) is 2.92. The lowest BCUT2D eigenvalue weighted by Gasteiger charge is -2.28. The third kappa shape index (κ3) is 5.71. The summed E-state index contributed by atoms with van der Waals surface area (Å²) in [6, 6.07) is 0. The first-order chi connectivity index (χ1) is 9.29. The molecule has 1 amide bonds. The minimum atomic E-state index is -0.926. The topological polar surface area (TPSA) is 86.6 Å². The molecule has 1 aliphatic carbocycles.